The highest BCUT2D eigenvalue weighted by Gasteiger charge is 2.06. The molecule has 1 aromatic rings. The third-order valence-electron chi connectivity index (χ3n) is 2.23. The van der Waals surface area contributed by atoms with Crippen molar-refractivity contribution in [2.24, 2.45) is 0 Å². The third-order valence-corrected chi connectivity index (χ3v) is 4.04. The lowest BCUT2D eigenvalue weighted by Gasteiger charge is -2.03. The maximum Gasteiger partial charge on any atom is 0.310 e. The molecule has 108 valence electrons. The van der Waals surface area contributed by atoms with Gasteiger partial charge in [-0.3, -0.25) is 4.79 Å². The van der Waals surface area contributed by atoms with Gasteiger partial charge in [0, 0.05) is 29.4 Å². The van der Waals surface area contributed by atoms with Crippen LogP contribution in [0, 0.1) is 0 Å². The second-order valence-corrected chi connectivity index (χ2v) is 7.05. The lowest BCUT2D eigenvalue weighted by atomic mass is 10.3. The van der Waals surface area contributed by atoms with E-state index >= 15 is 0 Å². The van der Waals surface area contributed by atoms with Gasteiger partial charge in [0.1, 0.15) is 0 Å². The molecule has 0 radical (unpaired) electrons. The van der Waals surface area contributed by atoms with Crippen LogP contribution in [0.3, 0.4) is 0 Å². The molecule has 0 amide bonds. The van der Waals surface area contributed by atoms with E-state index in [2.05, 4.69) is 14.8 Å². The highest BCUT2D eigenvalue weighted by molar-refractivity contribution is 7.88. The summed E-state index contributed by atoms with van der Waals surface area (Å²) in [5, 5.41) is 3.12. The van der Waals surface area contributed by atoms with E-state index in [1.807, 2.05) is 12.1 Å². The molecule has 1 aromatic heterocycles. The number of thiophene rings is 1. The van der Waals surface area contributed by atoms with Crippen molar-refractivity contribution in [1.29, 1.82) is 0 Å². The van der Waals surface area contributed by atoms with Crippen molar-refractivity contribution in [3.05, 3.63) is 21.9 Å². The van der Waals surface area contributed by atoms with Crippen molar-refractivity contribution in [3.8, 4) is 0 Å². The molecule has 19 heavy (non-hydrogen) atoms. The second-order valence-electron chi connectivity index (χ2n) is 3.96. The third kappa shape index (κ3) is 7.26. The largest absolute Gasteiger partial charge is 0.469 e. The Morgan fingerprint density at radius 1 is 1.32 bits per heavy atom. The molecule has 0 bridgehead atoms. The predicted octanol–water partition coefficient (Wildman–Crippen LogP) is 0.102. The Morgan fingerprint density at radius 2 is 2.00 bits per heavy atom. The lowest BCUT2D eigenvalue weighted by Crippen LogP contribution is -2.30. The van der Waals surface area contributed by atoms with Crippen molar-refractivity contribution in [2.45, 2.75) is 13.0 Å². The molecular weight excluding hydrogens is 288 g/mol. The zero-order chi connectivity index (χ0) is 14.3. The summed E-state index contributed by atoms with van der Waals surface area (Å²) in [4.78, 5) is 13.1. The molecule has 1 rings (SSSR count). The van der Waals surface area contributed by atoms with Crippen LogP contribution in [0.2, 0.25) is 0 Å². The van der Waals surface area contributed by atoms with Crippen molar-refractivity contribution >= 4 is 27.3 Å². The van der Waals surface area contributed by atoms with E-state index in [4.69, 9.17) is 0 Å². The van der Waals surface area contributed by atoms with Gasteiger partial charge in [0.2, 0.25) is 10.0 Å². The molecule has 0 aliphatic carbocycles. The van der Waals surface area contributed by atoms with E-state index < -0.39 is 10.0 Å². The molecule has 1 heterocycles. The number of hydrogen-bond donors (Lipinski definition) is 2. The molecule has 0 aliphatic rings. The first-order valence-electron chi connectivity index (χ1n) is 5.70. The van der Waals surface area contributed by atoms with Gasteiger partial charge >= 0.3 is 5.97 Å². The predicted molar refractivity (Wildman–Crippen MR) is 74.6 cm³/mol. The number of hydrogen-bond acceptors (Lipinski definition) is 6. The van der Waals surface area contributed by atoms with E-state index in [0.717, 1.165) is 16.0 Å². The molecule has 0 spiro atoms. The van der Waals surface area contributed by atoms with Crippen LogP contribution in [0.5, 0.6) is 0 Å². The first-order valence-corrected chi connectivity index (χ1v) is 8.41. The molecule has 0 aromatic carbocycles. The fourth-order valence-electron chi connectivity index (χ4n) is 1.36. The number of sulfonamides is 1. The van der Waals surface area contributed by atoms with E-state index in [1.165, 1.54) is 18.4 Å². The van der Waals surface area contributed by atoms with Gasteiger partial charge in [-0.15, -0.1) is 11.3 Å². The first kappa shape index (κ1) is 16.1. The Labute approximate surface area is 117 Å². The van der Waals surface area contributed by atoms with Crippen LogP contribution in [-0.4, -0.2) is 40.8 Å². The highest BCUT2D eigenvalue weighted by Crippen LogP contribution is 2.17. The van der Waals surface area contributed by atoms with Gasteiger partial charge in [0.25, 0.3) is 0 Å². The Balaban J connectivity index is 2.25. The highest BCUT2D eigenvalue weighted by atomic mass is 32.2. The molecule has 0 atom stereocenters. The molecule has 0 aliphatic heterocycles. The van der Waals surface area contributed by atoms with Crippen LogP contribution >= 0.6 is 11.3 Å². The van der Waals surface area contributed by atoms with Crippen molar-refractivity contribution < 1.29 is 17.9 Å². The second kappa shape index (κ2) is 7.59. The number of carbonyl (C=O) groups is 1. The van der Waals surface area contributed by atoms with Gasteiger partial charge in [-0.25, -0.2) is 13.1 Å². The van der Waals surface area contributed by atoms with Crippen LogP contribution < -0.4 is 10.0 Å². The molecule has 8 heteroatoms. The molecule has 0 fully saturated rings. The number of esters is 1. The fourth-order valence-corrected chi connectivity index (χ4v) is 2.81. The molecule has 0 unspecified atom stereocenters. The Bertz CT molecular complexity index is 511. The number of carbonyl (C=O) groups excluding carboxylic acids is 1. The molecule has 6 nitrogen and oxygen atoms in total. The van der Waals surface area contributed by atoms with Gasteiger partial charge < -0.3 is 10.1 Å². The van der Waals surface area contributed by atoms with Crippen molar-refractivity contribution in [2.75, 3.05) is 26.5 Å². The van der Waals surface area contributed by atoms with Crippen molar-refractivity contribution in [1.82, 2.24) is 10.0 Å². The summed E-state index contributed by atoms with van der Waals surface area (Å²) in [6.07, 6.45) is 1.42. The van der Waals surface area contributed by atoms with Crippen LogP contribution in [0.15, 0.2) is 12.1 Å². The summed E-state index contributed by atoms with van der Waals surface area (Å²) in [7, 11) is -1.75. The first-order chi connectivity index (χ1) is 8.90. The quantitative estimate of drug-likeness (QED) is 0.526. The minimum Gasteiger partial charge on any atom is -0.469 e. The van der Waals surface area contributed by atoms with Gasteiger partial charge in [0.05, 0.1) is 19.8 Å². The van der Waals surface area contributed by atoms with Gasteiger partial charge in [-0.05, 0) is 12.1 Å². The summed E-state index contributed by atoms with van der Waals surface area (Å²) in [6, 6.07) is 3.84. The summed E-state index contributed by atoms with van der Waals surface area (Å²) in [5.74, 6) is -0.251. The van der Waals surface area contributed by atoms with E-state index in [-0.39, 0.29) is 12.4 Å². The zero-order valence-corrected chi connectivity index (χ0v) is 12.6. The SMILES string of the molecule is COC(=O)Cc1ccc(CNCCNS(C)(=O)=O)s1. The topological polar surface area (TPSA) is 84.5 Å². The van der Waals surface area contributed by atoms with Gasteiger partial charge in [0.15, 0.2) is 0 Å². The Kier molecular flexibility index (Phi) is 6.43. The molecule has 0 saturated heterocycles. The van der Waals surface area contributed by atoms with Crippen molar-refractivity contribution in [3.63, 3.8) is 0 Å². The Morgan fingerprint density at radius 3 is 2.63 bits per heavy atom. The summed E-state index contributed by atoms with van der Waals surface area (Å²) in [5.41, 5.74) is 0. The minimum atomic E-state index is -3.12. The zero-order valence-electron chi connectivity index (χ0n) is 10.9. The average Bonchev–Trinajstić information content (AvgIpc) is 2.74. The lowest BCUT2D eigenvalue weighted by molar-refractivity contribution is -0.139. The number of methoxy groups -OCH3 is 1. The molecule has 0 saturated carbocycles. The van der Waals surface area contributed by atoms with Crippen LogP contribution in [-0.2, 0) is 32.5 Å². The average molecular weight is 306 g/mol. The van der Waals surface area contributed by atoms with Crippen LogP contribution in [0.4, 0.5) is 0 Å². The van der Waals surface area contributed by atoms with Crippen LogP contribution in [0.25, 0.3) is 0 Å². The summed E-state index contributed by atoms with van der Waals surface area (Å²) >= 11 is 1.54. The Hall–Kier alpha value is -0.960. The maximum absolute atomic E-state index is 11.1. The minimum absolute atomic E-state index is 0.251. The van der Waals surface area contributed by atoms with Crippen LogP contribution in [0.1, 0.15) is 9.75 Å². The summed E-state index contributed by atoms with van der Waals surface area (Å²) < 4.78 is 28.6. The number of nitrogens with one attached hydrogen (secondary N) is 2. The van der Waals surface area contributed by atoms with E-state index in [1.54, 1.807) is 0 Å². The van der Waals surface area contributed by atoms with E-state index in [9.17, 15) is 13.2 Å². The van der Waals surface area contributed by atoms with Gasteiger partial charge in [-0.2, -0.15) is 0 Å². The summed E-state index contributed by atoms with van der Waals surface area (Å²) in [6.45, 7) is 1.56. The van der Waals surface area contributed by atoms with Gasteiger partial charge in [-0.1, -0.05) is 0 Å². The van der Waals surface area contributed by atoms with E-state index in [0.29, 0.717) is 19.6 Å². The molecular formula is C11H18N2O4S2. The normalized spacial score (nSPS) is 11.5. The fraction of sp³-hybridized carbons (Fsp3) is 0.545. The molecule has 2 N–H and O–H groups in total. The number of rotatable bonds is 8. The monoisotopic (exact) mass is 306 g/mol. The smallest absolute Gasteiger partial charge is 0.310 e. The number of ether oxygens (including phenoxy) is 1. The standard InChI is InChI=1S/C11H18N2O4S2/c1-17-11(14)7-9-3-4-10(18-9)8-12-5-6-13-19(2,15)16/h3-4,12-13H,5-8H2,1-2H3. The maximum atomic E-state index is 11.1.